The zero-order valence-electron chi connectivity index (χ0n) is 12.9. The van der Waals surface area contributed by atoms with Gasteiger partial charge in [-0.25, -0.2) is 4.98 Å². The van der Waals surface area contributed by atoms with E-state index in [9.17, 15) is 4.79 Å². The molecule has 6 heteroatoms. The quantitative estimate of drug-likeness (QED) is 0.756. The number of carbonyl (C=O) groups is 1. The van der Waals surface area contributed by atoms with Gasteiger partial charge < -0.3 is 15.5 Å². The maximum atomic E-state index is 11.7. The number of rotatable bonds is 8. The topological polar surface area (TPSA) is 70.2 Å². The predicted molar refractivity (Wildman–Crippen MR) is 82.1 cm³/mol. The van der Waals surface area contributed by atoms with Crippen molar-refractivity contribution in [2.24, 2.45) is 0 Å². The van der Waals surface area contributed by atoms with Crippen molar-refractivity contribution in [3.05, 3.63) is 11.8 Å². The third-order valence-corrected chi connectivity index (χ3v) is 2.87. The second-order valence-electron chi connectivity index (χ2n) is 4.59. The Morgan fingerprint density at radius 3 is 2.70 bits per heavy atom. The molecule has 0 aliphatic heterocycles. The SMILES string of the molecule is CCCNc1ncc(C)c(N(CC)CC(=O)NCC)n1. The molecule has 0 aromatic carbocycles. The molecule has 0 saturated heterocycles. The normalized spacial score (nSPS) is 10.2. The zero-order valence-corrected chi connectivity index (χ0v) is 12.9. The number of amides is 1. The lowest BCUT2D eigenvalue weighted by Crippen LogP contribution is -2.38. The molecule has 0 unspecified atom stereocenters. The molecule has 1 amide bonds. The highest BCUT2D eigenvalue weighted by molar-refractivity contribution is 5.81. The van der Waals surface area contributed by atoms with E-state index >= 15 is 0 Å². The van der Waals surface area contributed by atoms with Crippen molar-refractivity contribution >= 4 is 17.7 Å². The number of aryl methyl sites for hydroxylation is 1. The van der Waals surface area contributed by atoms with E-state index < -0.39 is 0 Å². The van der Waals surface area contributed by atoms with Crippen molar-refractivity contribution in [1.82, 2.24) is 15.3 Å². The Hall–Kier alpha value is -1.85. The van der Waals surface area contributed by atoms with Crippen molar-refractivity contribution in [2.75, 3.05) is 36.4 Å². The van der Waals surface area contributed by atoms with E-state index in [4.69, 9.17) is 0 Å². The van der Waals surface area contributed by atoms with Gasteiger partial charge in [0.05, 0.1) is 6.54 Å². The highest BCUT2D eigenvalue weighted by atomic mass is 16.2. The highest BCUT2D eigenvalue weighted by Crippen LogP contribution is 2.17. The lowest BCUT2D eigenvalue weighted by Gasteiger charge is -2.23. The third kappa shape index (κ3) is 4.68. The monoisotopic (exact) mass is 279 g/mol. The Morgan fingerprint density at radius 1 is 1.35 bits per heavy atom. The second kappa shape index (κ2) is 8.35. The first-order chi connectivity index (χ1) is 9.62. The minimum Gasteiger partial charge on any atom is -0.355 e. The number of hydrogen-bond acceptors (Lipinski definition) is 5. The van der Waals surface area contributed by atoms with Crippen LogP contribution in [0, 0.1) is 6.92 Å². The molecular formula is C14H25N5O. The van der Waals surface area contributed by atoms with Crippen LogP contribution in [0.15, 0.2) is 6.20 Å². The number of anilines is 2. The lowest BCUT2D eigenvalue weighted by molar-refractivity contribution is -0.119. The Labute approximate surface area is 121 Å². The molecule has 0 spiro atoms. The summed E-state index contributed by atoms with van der Waals surface area (Å²) in [6, 6.07) is 0. The number of likely N-dealkylation sites (N-methyl/N-ethyl adjacent to an activating group) is 2. The van der Waals surface area contributed by atoms with Crippen LogP contribution in [0.5, 0.6) is 0 Å². The van der Waals surface area contributed by atoms with Crippen LogP contribution in [-0.4, -0.2) is 42.1 Å². The molecule has 1 heterocycles. The van der Waals surface area contributed by atoms with Gasteiger partial charge in [0.15, 0.2) is 0 Å². The molecule has 0 saturated carbocycles. The van der Waals surface area contributed by atoms with Gasteiger partial charge in [0.1, 0.15) is 5.82 Å². The fourth-order valence-corrected chi connectivity index (χ4v) is 1.84. The van der Waals surface area contributed by atoms with Gasteiger partial charge in [0, 0.05) is 31.4 Å². The van der Waals surface area contributed by atoms with Gasteiger partial charge >= 0.3 is 0 Å². The molecule has 1 rings (SSSR count). The zero-order chi connectivity index (χ0) is 15.0. The number of aromatic nitrogens is 2. The number of nitrogens with one attached hydrogen (secondary N) is 2. The van der Waals surface area contributed by atoms with Gasteiger partial charge in [-0.15, -0.1) is 0 Å². The molecule has 1 aromatic heterocycles. The van der Waals surface area contributed by atoms with Crippen molar-refractivity contribution in [2.45, 2.75) is 34.1 Å². The lowest BCUT2D eigenvalue weighted by atomic mass is 10.3. The van der Waals surface area contributed by atoms with Crippen LogP contribution >= 0.6 is 0 Å². The molecule has 0 radical (unpaired) electrons. The van der Waals surface area contributed by atoms with Crippen molar-refractivity contribution in [3.63, 3.8) is 0 Å². The van der Waals surface area contributed by atoms with Crippen molar-refractivity contribution < 1.29 is 4.79 Å². The van der Waals surface area contributed by atoms with E-state index in [0.717, 1.165) is 30.9 Å². The standard InChI is InChI=1S/C14H25N5O/c1-5-8-16-14-17-9-11(4)13(18-14)19(7-3)10-12(20)15-6-2/h9H,5-8,10H2,1-4H3,(H,15,20)(H,16,17,18). The van der Waals surface area contributed by atoms with Gasteiger partial charge in [0.25, 0.3) is 0 Å². The van der Waals surface area contributed by atoms with Gasteiger partial charge in [-0.1, -0.05) is 6.92 Å². The Morgan fingerprint density at radius 2 is 2.10 bits per heavy atom. The summed E-state index contributed by atoms with van der Waals surface area (Å²) in [6.07, 6.45) is 2.81. The summed E-state index contributed by atoms with van der Waals surface area (Å²) >= 11 is 0. The maximum Gasteiger partial charge on any atom is 0.239 e. The third-order valence-electron chi connectivity index (χ3n) is 2.87. The molecule has 2 N–H and O–H groups in total. The molecule has 0 aliphatic rings. The Bertz CT molecular complexity index is 436. The van der Waals surface area contributed by atoms with Gasteiger partial charge in [-0.3, -0.25) is 4.79 Å². The number of nitrogens with zero attached hydrogens (tertiary/aromatic N) is 3. The fraction of sp³-hybridized carbons (Fsp3) is 0.643. The van der Waals surface area contributed by atoms with Gasteiger partial charge in [-0.05, 0) is 27.2 Å². The average molecular weight is 279 g/mol. The van der Waals surface area contributed by atoms with Crippen LogP contribution < -0.4 is 15.5 Å². The van der Waals surface area contributed by atoms with Crippen LogP contribution in [0.4, 0.5) is 11.8 Å². The molecule has 0 fully saturated rings. The summed E-state index contributed by atoms with van der Waals surface area (Å²) in [5.41, 5.74) is 0.971. The van der Waals surface area contributed by atoms with Crippen LogP contribution in [0.3, 0.4) is 0 Å². The van der Waals surface area contributed by atoms with Gasteiger partial charge in [0.2, 0.25) is 11.9 Å². The first-order valence-electron chi connectivity index (χ1n) is 7.21. The van der Waals surface area contributed by atoms with Crippen molar-refractivity contribution in [1.29, 1.82) is 0 Å². The molecule has 6 nitrogen and oxygen atoms in total. The first kappa shape index (κ1) is 16.2. The Kier molecular flexibility index (Phi) is 6.76. The molecular weight excluding hydrogens is 254 g/mol. The number of hydrogen-bond donors (Lipinski definition) is 2. The maximum absolute atomic E-state index is 11.7. The van der Waals surface area contributed by atoms with Crippen LogP contribution in [-0.2, 0) is 4.79 Å². The minimum absolute atomic E-state index is 0.00966. The molecule has 0 aliphatic carbocycles. The largest absolute Gasteiger partial charge is 0.355 e. The summed E-state index contributed by atoms with van der Waals surface area (Å²) in [5, 5.41) is 5.98. The van der Waals surface area contributed by atoms with Crippen LogP contribution in [0.1, 0.15) is 32.8 Å². The van der Waals surface area contributed by atoms with E-state index in [1.807, 2.05) is 25.7 Å². The summed E-state index contributed by atoms with van der Waals surface area (Å²) in [4.78, 5) is 22.5. The molecule has 1 aromatic rings. The van der Waals surface area contributed by atoms with E-state index in [-0.39, 0.29) is 5.91 Å². The molecule has 20 heavy (non-hydrogen) atoms. The summed E-state index contributed by atoms with van der Waals surface area (Å²) in [6.45, 7) is 10.5. The first-order valence-corrected chi connectivity index (χ1v) is 7.21. The van der Waals surface area contributed by atoms with E-state index in [2.05, 4.69) is 27.5 Å². The van der Waals surface area contributed by atoms with Crippen LogP contribution in [0.2, 0.25) is 0 Å². The average Bonchev–Trinajstić information content (AvgIpc) is 2.44. The van der Waals surface area contributed by atoms with E-state index in [1.165, 1.54) is 0 Å². The molecule has 0 bridgehead atoms. The Balaban J connectivity index is 2.86. The molecule has 0 atom stereocenters. The second-order valence-corrected chi connectivity index (χ2v) is 4.59. The smallest absolute Gasteiger partial charge is 0.239 e. The summed E-state index contributed by atoms with van der Waals surface area (Å²) < 4.78 is 0. The van der Waals surface area contributed by atoms with Crippen LogP contribution in [0.25, 0.3) is 0 Å². The van der Waals surface area contributed by atoms with E-state index in [0.29, 0.717) is 19.0 Å². The number of carbonyl (C=O) groups excluding carboxylic acids is 1. The summed E-state index contributed by atoms with van der Waals surface area (Å²) in [7, 11) is 0. The van der Waals surface area contributed by atoms with E-state index in [1.54, 1.807) is 6.20 Å². The van der Waals surface area contributed by atoms with Gasteiger partial charge in [-0.2, -0.15) is 4.98 Å². The summed E-state index contributed by atoms with van der Waals surface area (Å²) in [5.74, 6) is 1.43. The minimum atomic E-state index is 0.00966. The fourth-order valence-electron chi connectivity index (χ4n) is 1.84. The molecule has 112 valence electrons. The highest BCUT2D eigenvalue weighted by Gasteiger charge is 2.14. The predicted octanol–water partition coefficient (Wildman–Crippen LogP) is 1.57. The van der Waals surface area contributed by atoms with Crippen molar-refractivity contribution in [3.8, 4) is 0 Å².